The van der Waals surface area contributed by atoms with Gasteiger partial charge in [-0.05, 0) is 38.8 Å². The predicted octanol–water partition coefficient (Wildman–Crippen LogP) is 1.94. The maximum atomic E-state index is 9.45. The molecule has 0 aliphatic carbocycles. The van der Waals surface area contributed by atoms with E-state index in [0.717, 1.165) is 11.1 Å². The van der Waals surface area contributed by atoms with Crippen molar-refractivity contribution in [2.75, 3.05) is 0 Å². The van der Waals surface area contributed by atoms with Gasteiger partial charge in [-0.2, -0.15) is 0 Å². The van der Waals surface area contributed by atoms with E-state index >= 15 is 0 Å². The zero-order valence-corrected chi connectivity index (χ0v) is 9.30. The Labute approximate surface area is 102 Å². The molecule has 0 bridgehead atoms. The van der Waals surface area contributed by atoms with E-state index in [1.54, 1.807) is 0 Å². The Morgan fingerprint density at radius 2 is 1.33 bits per heavy atom. The molecule has 0 aromatic rings. The Hall–Kier alpha value is 0.686. The van der Waals surface area contributed by atoms with Crippen LogP contribution in [0.1, 0.15) is 27.7 Å². The molecule has 0 aromatic heterocycles. The highest BCUT2D eigenvalue weighted by Crippen LogP contribution is 2.09. The van der Waals surface area contributed by atoms with Crippen LogP contribution in [-0.4, -0.2) is 34.3 Å². The molecule has 0 spiro atoms. The van der Waals surface area contributed by atoms with E-state index in [1.807, 2.05) is 39.8 Å². The lowest BCUT2D eigenvalue weighted by atomic mass is 10.0. The van der Waals surface area contributed by atoms with Crippen molar-refractivity contribution in [3.63, 3.8) is 0 Å². The summed E-state index contributed by atoms with van der Waals surface area (Å²) in [4.78, 5) is 0. The fourth-order valence-electron chi connectivity index (χ4n) is 0.675. The zero-order chi connectivity index (χ0) is 8.15. The number of allylic oxidation sites excluding steroid dienone is 2. The summed E-state index contributed by atoms with van der Waals surface area (Å²) in [7, 11) is 0. The van der Waals surface area contributed by atoms with Crippen molar-refractivity contribution in [1.82, 2.24) is 0 Å². The average molecular weight is 247 g/mol. The van der Waals surface area contributed by atoms with E-state index in [2.05, 4.69) is 0 Å². The first kappa shape index (κ1) is 18.5. The lowest BCUT2D eigenvalue weighted by molar-refractivity contribution is 0.246. The van der Waals surface area contributed by atoms with Crippen LogP contribution in [0.25, 0.3) is 0 Å². The Bertz CT molecular complexity index is 146. The van der Waals surface area contributed by atoms with Gasteiger partial charge >= 0.3 is 23.1 Å². The van der Waals surface area contributed by atoms with Crippen LogP contribution in [0.15, 0.2) is 23.3 Å². The fraction of sp³-hybridized carbons (Fsp3) is 0.556. The van der Waals surface area contributed by atoms with Crippen molar-refractivity contribution in [3.8, 4) is 0 Å². The van der Waals surface area contributed by atoms with Crippen LogP contribution in [0.2, 0.25) is 0 Å². The zero-order valence-electron chi connectivity index (χ0n) is 7.59. The lowest BCUT2D eigenvalue weighted by Gasteiger charge is -2.10. The number of aliphatic hydroxyl groups is 1. The van der Waals surface area contributed by atoms with Gasteiger partial charge < -0.3 is 5.11 Å². The molecule has 1 nitrogen and oxygen atoms in total. The topological polar surface area (TPSA) is 20.2 Å². The number of rotatable bonds is 2. The SMILES string of the molecule is Br.C/C=C(\C)C(O)/C(C)=C/C.[MgH2]. The molecular weight excluding hydrogens is 228 g/mol. The molecule has 3 heteroatoms. The van der Waals surface area contributed by atoms with Gasteiger partial charge in [0.1, 0.15) is 0 Å². The second-order valence-electron chi connectivity index (χ2n) is 2.47. The molecule has 0 atom stereocenters. The molecule has 0 rings (SSSR count). The van der Waals surface area contributed by atoms with Crippen molar-refractivity contribution >= 4 is 40.0 Å². The summed E-state index contributed by atoms with van der Waals surface area (Å²) in [6, 6.07) is 0. The van der Waals surface area contributed by atoms with E-state index in [9.17, 15) is 5.11 Å². The average Bonchev–Trinajstić information content (AvgIpc) is 2.00. The summed E-state index contributed by atoms with van der Waals surface area (Å²) in [5.41, 5.74) is 2.02. The smallest absolute Gasteiger partial charge is 0.316 e. The number of hydrogen-bond donors (Lipinski definition) is 1. The summed E-state index contributed by atoms with van der Waals surface area (Å²) >= 11 is 0. The quantitative estimate of drug-likeness (QED) is 0.584. The highest BCUT2D eigenvalue weighted by molar-refractivity contribution is 8.93. The first-order chi connectivity index (χ1) is 4.63. The molecule has 0 amide bonds. The van der Waals surface area contributed by atoms with Crippen LogP contribution in [0.3, 0.4) is 0 Å². The summed E-state index contributed by atoms with van der Waals surface area (Å²) in [5.74, 6) is 0. The van der Waals surface area contributed by atoms with Gasteiger partial charge in [0.25, 0.3) is 0 Å². The first-order valence-electron chi connectivity index (χ1n) is 3.57. The third kappa shape index (κ3) is 6.23. The van der Waals surface area contributed by atoms with Gasteiger partial charge in [0.05, 0.1) is 6.10 Å². The molecular formula is C9H19BrMgO. The van der Waals surface area contributed by atoms with Crippen LogP contribution < -0.4 is 0 Å². The second-order valence-corrected chi connectivity index (χ2v) is 2.47. The van der Waals surface area contributed by atoms with Crippen molar-refractivity contribution in [1.29, 1.82) is 0 Å². The first-order valence-corrected chi connectivity index (χ1v) is 3.57. The summed E-state index contributed by atoms with van der Waals surface area (Å²) in [5, 5.41) is 9.45. The van der Waals surface area contributed by atoms with Crippen molar-refractivity contribution in [2.45, 2.75) is 33.8 Å². The Kier molecular flexibility index (Phi) is 15.0. The number of aliphatic hydroxyl groups excluding tert-OH is 1. The standard InChI is InChI=1S/C9H16O.BrH.Mg.2H/c1-5-7(3)9(10)8(4)6-2;;;;/h5-6,9-10H,1-4H3;1H;;;/b7-5+,8-6+;;;;. The van der Waals surface area contributed by atoms with E-state index in [4.69, 9.17) is 0 Å². The maximum absolute atomic E-state index is 9.45. The second kappa shape index (κ2) is 9.77. The third-order valence-electron chi connectivity index (χ3n) is 1.77. The van der Waals surface area contributed by atoms with Gasteiger partial charge in [0.2, 0.25) is 0 Å². The van der Waals surface area contributed by atoms with Crippen LogP contribution in [-0.2, 0) is 0 Å². The van der Waals surface area contributed by atoms with Crippen molar-refractivity contribution < 1.29 is 5.11 Å². The van der Waals surface area contributed by atoms with Gasteiger partial charge in [-0.15, -0.1) is 17.0 Å². The van der Waals surface area contributed by atoms with Gasteiger partial charge in [0, 0.05) is 0 Å². The molecule has 0 aliphatic rings. The van der Waals surface area contributed by atoms with Crippen molar-refractivity contribution in [2.24, 2.45) is 0 Å². The van der Waals surface area contributed by atoms with Gasteiger partial charge in [0.15, 0.2) is 0 Å². The minimum Gasteiger partial charge on any atom is -0.384 e. The highest BCUT2D eigenvalue weighted by atomic mass is 79.9. The largest absolute Gasteiger partial charge is 0.384 e. The highest BCUT2D eigenvalue weighted by Gasteiger charge is 2.05. The molecule has 0 aromatic carbocycles. The monoisotopic (exact) mass is 246 g/mol. The van der Waals surface area contributed by atoms with Crippen LogP contribution in [0.5, 0.6) is 0 Å². The molecule has 0 aliphatic heterocycles. The van der Waals surface area contributed by atoms with Gasteiger partial charge in [-0.25, -0.2) is 0 Å². The van der Waals surface area contributed by atoms with E-state index < -0.39 is 0 Å². The molecule has 0 saturated heterocycles. The van der Waals surface area contributed by atoms with E-state index in [1.165, 1.54) is 0 Å². The summed E-state index contributed by atoms with van der Waals surface area (Å²) in [6.07, 6.45) is 3.48. The normalized spacial score (nSPS) is 14.4. The Morgan fingerprint density at radius 3 is 1.50 bits per heavy atom. The van der Waals surface area contributed by atoms with E-state index in [-0.39, 0.29) is 46.1 Å². The molecule has 0 fully saturated rings. The molecule has 0 unspecified atom stereocenters. The molecule has 70 valence electrons. The Morgan fingerprint density at radius 1 is 1.08 bits per heavy atom. The third-order valence-corrected chi connectivity index (χ3v) is 1.77. The maximum Gasteiger partial charge on any atom is 0.316 e. The van der Waals surface area contributed by atoms with Gasteiger partial charge in [-0.3, -0.25) is 0 Å². The summed E-state index contributed by atoms with van der Waals surface area (Å²) < 4.78 is 0. The molecule has 0 heterocycles. The van der Waals surface area contributed by atoms with Crippen molar-refractivity contribution in [3.05, 3.63) is 23.3 Å². The molecule has 12 heavy (non-hydrogen) atoms. The van der Waals surface area contributed by atoms with Crippen LogP contribution in [0.4, 0.5) is 0 Å². The van der Waals surface area contributed by atoms with Crippen LogP contribution in [0, 0.1) is 0 Å². The van der Waals surface area contributed by atoms with Crippen LogP contribution >= 0.6 is 17.0 Å². The van der Waals surface area contributed by atoms with Gasteiger partial charge in [-0.1, -0.05) is 12.2 Å². The van der Waals surface area contributed by atoms with E-state index in [0.29, 0.717) is 0 Å². The minimum absolute atomic E-state index is 0. The summed E-state index contributed by atoms with van der Waals surface area (Å²) in [6.45, 7) is 7.72. The molecule has 1 N–H and O–H groups in total. The predicted molar refractivity (Wildman–Crippen MR) is 63.7 cm³/mol. The fourth-order valence-corrected chi connectivity index (χ4v) is 0.675. The molecule has 0 radical (unpaired) electrons. The number of hydrogen-bond acceptors (Lipinski definition) is 1. The molecule has 0 saturated carbocycles. The Balaban J connectivity index is -0.000000405. The lowest BCUT2D eigenvalue weighted by Crippen LogP contribution is -2.08. The number of halogens is 1. The minimum atomic E-state index is -0.380.